The fourth-order valence-corrected chi connectivity index (χ4v) is 2.88. The fourth-order valence-electron chi connectivity index (χ4n) is 2.88. The number of benzene rings is 2. The van der Waals surface area contributed by atoms with Crippen LogP contribution in [0.4, 0.5) is 0 Å². The predicted octanol–water partition coefficient (Wildman–Crippen LogP) is 2.48. The Balaban J connectivity index is 1.23. The number of nitrogens with one attached hydrogen (secondary N) is 2. The first kappa shape index (κ1) is 20.1. The molecule has 2 aromatic heterocycles. The van der Waals surface area contributed by atoms with E-state index in [4.69, 9.17) is 14.0 Å². The zero-order valence-corrected chi connectivity index (χ0v) is 16.6. The first-order valence-electron chi connectivity index (χ1n) is 9.48. The van der Waals surface area contributed by atoms with E-state index >= 15 is 0 Å². The number of hydrogen-bond donors (Lipinski definition) is 2. The summed E-state index contributed by atoms with van der Waals surface area (Å²) in [5.41, 5.74) is 1.77. The number of carbonyl (C=O) groups is 2. The number of para-hydroxylation sites is 1. The van der Waals surface area contributed by atoms with Gasteiger partial charge in [-0.25, -0.2) is 0 Å². The summed E-state index contributed by atoms with van der Waals surface area (Å²) in [7, 11) is 1.58. The summed E-state index contributed by atoms with van der Waals surface area (Å²) in [6.07, 6.45) is -0.00269. The minimum Gasteiger partial charge on any atom is -0.497 e. The highest BCUT2D eigenvalue weighted by Crippen LogP contribution is 2.20. The second kappa shape index (κ2) is 9.08. The van der Waals surface area contributed by atoms with Gasteiger partial charge in [-0.3, -0.25) is 14.7 Å². The lowest BCUT2D eigenvalue weighted by molar-refractivity contribution is -0.145. The van der Waals surface area contributed by atoms with Crippen molar-refractivity contribution < 1.29 is 23.6 Å². The topological polar surface area (TPSA) is 132 Å². The SMILES string of the molecule is COc1ccc(-c2nc(COC(=O)CCNC(=O)c3n[nH]c4ccccc34)no2)cc1. The van der Waals surface area contributed by atoms with E-state index in [1.165, 1.54) is 0 Å². The van der Waals surface area contributed by atoms with Crippen molar-refractivity contribution >= 4 is 22.8 Å². The number of nitrogens with zero attached hydrogens (tertiary/aromatic N) is 3. The van der Waals surface area contributed by atoms with Crippen LogP contribution < -0.4 is 10.1 Å². The van der Waals surface area contributed by atoms with E-state index in [9.17, 15) is 9.59 Å². The van der Waals surface area contributed by atoms with Gasteiger partial charge >= 0.3 is 5.97 Å². The molecule has 0 spiro atoms. The molecule has 2 aromatic carbocycles. The molecule has 0 atom stereocenters. The molecule has 10 nitrogen and oxygen atoms in total. The third kappa shape index (κ3) is 4.69. The van der Waals surface area contributed by atoms with Gasteiger partial charge in [-0.15, -0.1) is 0 Å². The molecule has 0 aliphatic rings. The Morgan fingerprint density at radius 3 is 2.74 bits per heavy atom. The molecule has 0 radical (unpaired) electrons. The molecule has 0 bridgehead atoms. The molecule has 2 heterocycles. The summed E-state index contributed by atoms with van der Waals surface area (Å²) < 4.78 is 15.4. The maximum Gasteiger partial charge on any atom is 0.308 e. The molecule has 0 aliphatic carbocycles. The molecule has 0 saturated carbocycles. The number of aromatic nitrogens is 4. The Kier molecular flexibility index (Phi) is 5.88. The lowest BCUT2D eigenvalue weighted by Gasteiger charge is -2.04. The van der Waals surface area contributed by atoms with Crippen LogP contribution in [0.2, 0.25) is 0 Å². The highest BCUT2D eigenvalue weighted by Gasteiger charge is 2.15. The summed E-state index contributed by atoms with van der Waals surface area (Å²) >= 11 is 0. The Labute approximate surface area is 176 Å². The third-order valence-corrected chi connectivity index (χ3v) is 4.47. The van der Waals surface area contributed by atoms with E-state index in [-0.39, 0.29) is 37.0 Å². The summed E-state index contributed by atoms with van der Waals surface area (Å²) in [4.78, 5) is 28.4. The summed E-state index contributed by atoms with van der Waals surface area (Å²) in [5, 5.41) is 14.0. The lowest BCUT2D eigenvalue weighted by Crippen LogP contribution is -2.27. The predicted molar refractivity (Wildman–Crippen MR) is 109 cm³/mol. The average Bonchev–Trinajstić information content (AvgIpc) is 3.45. The second-order valence-electron chi connectivity index (χ2n) is 6.53. The van der Waals surface area contributed by atoms with Crippen molar-refractivity contribution in [1.82, 2.24) is 25.7 Å². The Bertz CT molecular complexity index is 1200. The van der Waals surface area contributed by atoms with E-state index in [0.717, 1.165) is 11.1 Å². The summed E-state index contributed by atoms with van der Waals surface area (Å²) in [6, 6.07) is 14.4. The molecule has 4 rings (SSSR count). The Morgan fingerprint density at radius 2 is 1.94 bits per heavy atom. The van der Waals surface area contributed by atoms with Crippen molar-refractivity contribution in [2.45, 2.75) is 13.0 Å². The van der Waals surface area contributed by atoms with Crippen molar-refractivity contribution in [2.24, 2.45) is 0 Å². The average molecular weight is 421 g/mol. The third-order valence-electron chi connectivity index (χ3n) is 4.47. The van der Waals surface area contributed by atoms with Crippen molar-refractivity contribution in [3.63, 3.8) is 0 Å². The van der Waals surface area contributed by atoms with Crippen LogP contribution in [-0.4, -0.2) is 45.9 Å². The van der Waals surface area contributed by atoms with Gasteiger partial charge in [0.25, 0.3) is 11.8 Å². The number of hydrogen-bond acceptors (Lipinski definition) is 8. The summed E-state index contributed by atoms with van der Waals surface area (Å²) in [5.74, 6) is 0.402. The molecule has 0 saturated heterocycles. The molecule has 0 aliphatic heterocycles. The molecule has 0 fully saturated rings. The van der Waals surface area contributed by atoms with Gasteiger partial charge < -0.3 is 19.3 Å². The number of ether oxygens (including phenoxy) is 2. The standard InChI is InChI=1S/C21H19N5O5/c1-29-14-8-6-13(7-9-14)21-23-17(26-31-21)12-30-18(27)10-11-22-20(28)19-15-4-2-3-5-16(15)24-25-19/h2-9H,10-12H2,1H3,(H,22,28)(H,24,25). The van der Waals surface area contributed by atoms with Gasteiger partial charge in [0, 0.05) is 17.5 Å². The highest BCUT2D eigenvalue weighted by molar-refractivity contribution is 6.04. The normalized spacial score (nSPS) is 10.7. The molecular formula is C21H19N5O5. The van der Waals surface area contributed by atoms with Gasteiger partial charge in [0.15, 0.2) is 12.3 Å². The van der Waals surface area contributed by atoms with E-state index in [1.807, 2.05) is 18.2 Å². The van der Waals surface area contributed by atoms with Crippen LogP contribution in [0.3, 0.4) is 0 Å². The van der Waals surface area contributed by atoms with Gasteiger partial charge in [0.1, 0.15) is 5.75 Å². The maximum absolute atomic E-state index is 12.3. The molecule has 0 unspecified atom stereocenters. The zero-order valence-electron chi connectivity index (χ0n) is 16.6. The van der Waals surface area contributed by atoms with E-state index in [0.29, 0.717) is 17.0 Å². The molecule has 4 aromatic rings. The van der Waals surface area contributed by atoms with Crippen LogP contribution in [0, 0.1) is 0 Å². The van der Waals surface area contributed by atoms with Crippen LogP contribution in [0.15, 0.2) is 53.1 Å². The van der Waals surface area contributed by atoms with Crippen LogP contribution >= 0.6 is 0 Å². The first-order chi connectivity index (χ1) is 15.1. The Hall–Kier alpha value is -4.21. The van der Waals surface area contributed by atoms with E-state index in [2.05, 4.69) is 25.7 Å². The Morgan fingerprint density at radius 1 is 1.13 bits per heavy atom. The van der Waals surface area contributed by atoms with Crippen molar-refractivity contribution in [3.05, 3.63) is 60.0 Å². The van der Waals surface area contributed by atoms with Crippen LogP contribution in [0.5, 0.6) is 5.75 Å². The molecule has 158 valence electrons. The second-order valence-corrected chi connectivity index (χ2v) is 6.53. The van der Waals surface area contributed by atoms with Crippen molar-refractivity contribution in [2.75, 3.05) is 13.7 Å². The monoisotopic (exact) mass is 421 g/mol. The van der Waals surface area contributed by atoms with E-state index < -0.39 is 5.97 Å². The molecule has 10 heteroatoms. The minimum absolute atomic E-state index is 0.00269. The van der Waals surface area contributed by atoms with Crippen LogP contribution in [0.1, 0.15) is 22.7 Å². The smallest absolute Gasteiger partial charge is 0.308 e. The van der Waals surface area contributed by atoms with Crippen LogP contribution in [0.25, 0.3) is 22.4 Å². The fraction of sp³-hybridized carbons (Fsp3) is 0.190. The van der Waals surface area contributed by atoms with Gasteiger partial charge in [-0.05, 0) is 30.3 Å². The number of carbonyl (C=O) groups excluding carboxylic acids is 2. The van der Waals surface area contributed by atoms with Gasteiger partial charge in [-0.1, -0.05) is 23.4 Å². The van der Waals surface area contributed by atoms with E-state index in [1.54, 1.807) is 37.4 Å². The largest absolute Gasteiger partial charge is 0.497 e. The maximum atomic E-state index is 12.3. The lowest BCUT2D eigenvalue weighted by atomic mass is 10.2. The van der Waals surface area contributed by atoms with Gasteiger partial charge in [0.2, 0.25) is 5.82 Å². The number of fused-ring (bicyclic) bond motifs is 1. The number of esters is 1. The number of methoxy groups -OCH3 is 1. The number of rotatable bonds is 8. The number of H-pyrrole nitrogens is 1. The quantitative estimate of drug-likeness (QED) is 0.415. The molecule has 2 N–H and O–H groups in total. The summed E-state index contributed by atoms with van der Waals surface area (Å²) in [6.45, 7) is -0.0152. The van der Waals surface area contributed by atoms with Crippen molar-refractivity contribution in [3.8, 4) is 17.2 Å². The van der Waals surface area contributed by atoms with Crippen molar-refractivity contribution in [1.29, 1.82) is 0 Å². The number of amides is 1. The highest BCUT2D eigenvalue weighted by atomic mass is 16.5. The molecule has 31 heavy (non-hydrogen) atoms. The first-order valence-corrected chi connectivity index (χ1v) is 9.48. The van der Waals surface area contributed by atoms with Gasteiger partial charge in [0.05, 0.1) is 19.0 Å². The zero-order chi connectivity index (χ0) is 21.6. The van der Waals surface area contributed by atoms with Gasteiger partial charge in [-0.2, -0.15) is 10.1 Å². The van der Waals surface area contributed by atoms with Crippen LogP contribution in [-0.2, 0) is 16.1 Å². The molecular weight excluding hydrogens is 402 g/mol. The number of aromatic amines is 1. The molecule has 1 amide bonds. The minimum atomic E-state index is -0.497.